The Hall–Kier alpha value is -0.530. The molecule has 118 valence electrons. The number of nitrogens with zero attached hydrogens (tertiary/aromatic N) is 1. The zero-order valence-electron chi connectivity index (χ0n) is 14.2. The van der Waals surface area contributed by atoms with E-state index >= 15 is 0 Å². The molecule has 2 heteroatoms. The molecule has 0 unspecified atom stereocenters. The quantitative estimate of drug-likeness (QED) is 0.726. The first-order chi connectivity index (χ1) is 9.84. The Morgan fingerprint density at radius 2 is 1.86 bits per heavy atom. The number of hydrogen-bond acceptors (Lipinski definition) is 1. The van der Waals surface area contributed by atoms with Gasteiger partial charge in [-0.25, -0.2) is 0 Å². The Morgan fingerprint density at radius 1 is 1.24 bits per heavy atom. The molecule has 0 N–H and O–H groups in total. The van der Waals surface area contributed by atoms with Gasteiger partial charge in [0.25, 0.3) is 0 Å². The summed E-state index contributed by atoms with van der Waals surface area (Å²) in [5, 5.41) is 0.933. The van der Waals surface area contributed by atoms with Crippen LogP contribution in [-0.2, 0) is 6.42 Å². The highest BCUT2D eigenvalue weighted by atomic mass is 35.5. The van der Waals surface area contributed by atoms with Gasteiger partial charge in [-0.3, -0.25) is 0 Å². The summed E-state index contributed by atoms with van der Waals surface area (Å²) < 4.78 is 0. The van der Waals surface area contributed by atoms with Crippen LogP contribution in [0.2, 0.25) is 5.02 Å². The van der Waals surface area contributed by atoms with Gasteiger partial charge in [-0.2, -0.15) is 0 Å². The molecule has 1 aliphatic rings. The Morgan fingerprint density at radius 3 is 2.33 bits per heavy atom. The summed E-state index contributed by atoms with van der Waals surface area (Å²) in [4.78, 5) is 2.44. The minimum atomic E-state index is 0.282. The van der Waals surface area contributed by atoms with Crippen molar-refractivity contribution in [2.24, 2.45) is 11.8 Å². The summed E-state index contributed by atoms with van der Waals surface area (Å²) in [6.07, 6.45) is 6.34. The van der Waals surface area contributed by atoms with Crippen molar-refractivity contribution in [3.8, 4) is 0 Å². The molecule has 2 rings (SSSR count). The lowest BCUT2D eigenvalue weighted by molar-refractivity contribution is 0.0683. The summed E-state index contributed by atoms with van der Waals surface area (Å²) in [5.41, 5.74) is 2.83. The molecule has 0 radical (unpaired) electrons. The second kappa shape index (κ2) is 6.71. The molecule has 1 nitrogen and oxygen atoms in total. The van der Waals surface area contributed by atoms with E-state index in [4.69, 9.17) is 11.6 Å². The van der Waals surface area contributed by atoms with E-state index in [0.29, 0.717) is 0 Å². The summed E-state index contributed by atoms with van der Waals surface area (Å²) in [5.74, 6) is 1.71. The third-order valence-electron chi connectivity index (χ3n) is 5.58. The molecule has 0 aliphatic heterocycles. The molecule has 0 aromatic heterocycles. The minimum Gasteiger partial charge on any atom is -0.303 e. The van der Waals surface area contributed by atoms with Crippen LogP contribution < -0.4 is 0 Å². The molecule has 1 aromatic carbocycles. The Balaban J connectivity index is 2.17. The van der Waals surface area contributed by atoms with Crippen molar-refractivity contribution in [3.63, 3.8) is 0 Å². The summed E-state index contributed by atoms with van der Waals surface area (Å²) in [6, 6.07) is 6.50. The van der Waals surface area contributed by atoms with Crippen LogP contribution in [0.25, 0.3) is 0 Å². The zero-order valence-corrected chi connectivity index (χ0v) is 15.0. The van der Waals surface area contributed by atoms with Crippen LogP contribution >= 0.6 is 11.6 Å². The van der Waals surface area contributed by atoms with E-state index in [9.17, 15) is 0 Å². The lowest BCUT2D eigenvalue weighted by atomic mass is 9.70. The monoisotopic (exact) mass is 307 g/mol. The fraction of sp³-hybridized carbons (Fsp3) is 0.684. The number of rotatable bonds is 4. The van der Waals surface area contributed by atoms with Crippen LogP contribution in [0.5, 0.6) is 0 Å². The topological polar surface area (TPSA) is 3.24 Å². The van der Waals surface area contributed by atoms with E-state index in [1.54, 1.807) is 0 Å². The second-order valence-corrected chi connectivity index (χ2v) is 7.88. The predicted octanol–water partition coefficient (Wildman–Crippen LogP) is 5.34. The lowest BCUT2D eigenvalue weighted by Gasteiger charge is -2.46. The Bertz CT molecular complexity index is 470. The molecule has 0 bridgehead atoms. The molecule has 21 heavy (non-hydrogen) atoms. The number of benzene rings is 1. The molecule has 1 fully saturated rings. The van der Waals surface area contributed by atoms with E-state index in [2.05, 4.69) is 58.0 Å². The second-order valence-electron chi connectivity index (χ2n) is 7.47. The van der Waals surface area contributed by atoms with Crippen LogP contribution in [-0.4, -0.2) is 24.5 Å². The third kappa shape index (κ3) is 3.81. The van der Waals surface area contributed by atoms with Gasteiger partial charge >= 0.3 is 0 Å². The number of halogens is 1. The summed E-state index contributed by atoms with van der Waals surface area (Å²) >= 11 is 6.48. The number of aryl methyl sites for hydroxylation is 1. The normalized spacial score (nSPS) is 26.6. The van der Waals surface area contributed by atoms with Crippen molar-refractivity contribution in [2.75, 3.05) is 14.1 Å². The average molecular weight is 308 g/mol. The van der Waals surface area contributed by atoms with Gasteiger partial charge in [0.05, 0.1) is 0 Å². The van der Waals surface area contributed by atoms with Crippen LogP contribution in [0.1, 0.15) is 50.7 Å². The van der Waals surface area contributed by atoms with Crippen molar-refractivity contribution in [1.82, 2.24) is 4.90 Å². The summed E-state index contributed by atoms with van der Waals surface area (Å²) in [7, 11) is 4.47. The molecule has 0 amide bonds. The van der Waals surface area contributed by atoms with Crippen molar-refractivity contribution >= 4 is 11.6 Å². The van der Waals surface area contributed by atoms with Gasteiger partial charge in [-0.1, -0.05) is 37.6 Å². The SMILES string of the molecule is Cc1ccc(CC2(N(C)C)CCC(C(C)C)CC2)c(Cl)c1. The van der Waals surface area contributed by atoms with Crippen molar-refractivity contribution in [3.05, 3.63) is 34.3 Å². The van der Waals surface area contributed by atoms with Gasteiger partial charge in [0, 0.05) is 10.6 Å². The number of likely N-dealkylation sites (N-methyl/N-ethyl adjacent to an activating group) is 1. The van der Waals surface area contributed by atoms with Gasteiger partial charge in [0.1, 0.15) is 0 Å². The third-order valence-corrected chi connectivity index (χ3v) is 5.93. The summed E-state index contributed by atoms with van der Waals surface area (Å²) in [6.45, 7) is 6.83. The first-order valence-electron chi connectivity index (χ1n) is 8.26. The van der Waals surface area contributed by atoms with Gasteiger partial charge in [0.2, 0.25) is 0 Å². The van der Waals surface area contributed by atoms with Crippen molar-refractivity contribution in [1.29, 1.82) is 0 Å². The molecule has 1 aromatic rings. The Labute approximate surface area is 135 Å². The maximum Gasteiger partial charge on any atom is 0.0441 e. The van der Waals surface area contributed by atoms with E-state index in [-0.39, 0.29) is 5.54 Å². The average Bonchev–Trinajstić information content (AvgIpc) is 2.42. The zero-order chi connectivity index (χ0) is 15.6. The smallest absolute Gasteiger partial charge is 0.0441 e. The van der Waals surface area contributed by atoms with Crippen LogP contribution in [0.4, 0.5) is 0 Å². The molecule has 1 saturated carbocycles. The van der Waals surface area contributed by atoms with E-state index in [0.717, 1.165) is 23.3 Å². The molecule has 0 spiro atoms. The molecule has 0 atom stereocenters. The highest BCUT2D eigenvalue weighted by Gasteiger charge is 2.38. The van der Waals surface area contributed by atoms with Crippen LogP contribution in [0.3, 0.4) is 0 Å². The van der Waals surface area contributed by atoms with E-state index < -0.39 is 0 Å². The van der Waals surface area contributed by atoms with Gasteiger partial charge < -0.3 is 4.90 Å². The molecule has 0 saturated heterocycles. The molecular weight excluding hydrogens is 278 g/mol. The van der Waals surface area contributed by atoms with Gasteiger partial charge in [0.15, 0.2) is 0 Å². The van der Waals surface area contributed by atoms with E-state index in [1.165, 1.54) is 36.8 Å². The fourth-order valence-electron chi connectivity index (χ4n) is 3.78. The lowest BCUT2D eigenvalue weighted by Crippen LogP contribution is -2.49. The van der Waals surface area contributed by atoms with Gasteiger partial charge in [-0.15, -0.1) is 0 Å². The highest BCUT2D eigenvalue weighted by Crippen LogP contribution is 2.41. The Kier molecular flexibility index (Phi) is 5.38. The maximum atomic E-state index is 6.48. The minimum absolute atomic E-state index is 0.282. The van der Waals surface area contributed by atoms with Crippen molar-refractivity contribution < 1.29 is 0 Å². The number of hydrogen-bond donors (Lipinski definition) is 0. The fourth-order valence-corrected chi connectivity index (χ4v) is 4.08. The largest absolute Gasteiger partial charge is 0.303 e. The highest BCUT2D eigenvalue weighted by molar-refractivity contribution is 6.31. The van der Waals surface area contributed by atoms with Crippen LogP contribution in [0, 0.1) is 18.8 Å². The first kappa shape index (κ1) is 16.8. The van der Waals surface area contributed by atoms with Crippen molar-refractivity contribution in [2.45, 2.75) is 58.4 Å². The molecule has 0 heterocycles. The molecule has 1 aliphatic carbocycles. The van der Waals surface area contributed by atoms with Gasteiger partial charge in [-0.05, 0) is 82.2 Å². The first-order valence-corrected chi connectivity index (χ1v) is 8.64. The maximum absolute atomic E-state index is 6.48. The van der Waals surface area contributed by atoms with Crippen LogP contribution in [0.15, 0.2) is 18.2 Å². The predicted molar refractivity (Wildman–Crippen MR) is 93.1 cm³/mol. The standard InChI is InChI=1S/C19H30ClN/c1-14(2)16-8-10-19(11-9-16,21(4)5)13-17-7-6-15(3)12-18(17)20/h6-7,12,14,16H,8-11,13H2,1-5H3. The van der Waals surface area contributed by atoms with E-state index in [1.807, 2.05) is 0 Å². The molecular formula is C19H30ClN.